The summed E-state index contributed by atoms with van der Waals surface area (Å²) in [6.45, 7) is 0. The van der Waals surface area contributed by atoms with E-state index in [1.165, 1.54) is 0 Å². The van der Waals surface area contributed by atoms with Gasteiger partial charge in [-0.1, -0.05) is 15.9 Å². The summed E-state index contributed by atoms with van der Waals surface area (Å²) in [4.78, 5) is 0. The first-order chi connectivity index (χ1) is 5.81. The fourth-order valence-corrected chi connectivity index (χ4v) is 1.64. The minimum absolute atomic E-state index is 0.827. The maximum Gasteiger partial charge on any atom is 0.131 e. The maximum atomic E-state index is 5.18. The van der Waals surface area contributed by atoms with E-state index >= 15 is 0 Å². The van der Waals surface area contributed by atoms with Gasteiger partial charge in [-0.3, -0.25) is 0 Å². The van der Waals surface area contributed by atoms with Crippen LogP contribution < -0.4 is 4.74 Å². The van der Waals surface area contributed by atoms with Gasteiger partial charge >= 0.3 is 0 Å². The first-order valence-electron chi connectivity index (χ1n) is 3.50. The zero-order valence-electron chi connectivity index (χ0n) is 6.50. The summed E-state index contributed by atoms with van der Waals surface area (Å²) in [7, 11) is 1.65. The number of methoxy groups -OCH3 is 1. The van der Waals surface area contributed by atoms with Gasteiger partial charge in [-0.15, -0.1) is 0 Å². The van der Waals surface area contributed by atoms with Gasteiger partial charge in [0.2, 0.25) is 0 Å². The number of ether oxygens (including phenoxy) is 1. The lowest BCUT2D eigenvalue weighted by Gasteiger charge is -2.00. The Morgan fingerprint density at radius 2 is 2.17 bits per heavy atom. The van der Waals surface area contributed by atoms with Crippen molar-refractivity contribution in [3.05, 3.63) is 29.1 Å². The van der Waals surface area contributed by atoms with Gasteiger partial charge in [0.05, 0.1) is 18.8 Å². The molecule has 2 aromatic rings. The summed E-state index contributed by atoms with van der Waals surface area (Å²) in [5, 5.41) is 2.04. The molecule has 0 aliphatic heterocycles. The smallest absolute Gasteiger partial charge is 0.131 e. The van der Waals surface area contributed by atoms with E-state index in [0.717, 1.165) is 21.0 Å². The molecule has 0 saturated carbocycles. The Morgan fingerprint density at radius 1 is 1.33 bits per heavy atom. The fourth-order valence-electron chi connectivity index (χ4n) is 1.18. The highest BCUT2D eigenvalue weighted by molar-refractivity contribution is 9.10. The number of hydrogen-bond acceptors (Lipinski definition) is 2. The van der Waals surface area contributed by atoms with Gasteiger partial charge in [0, 0.05) is 9.86 Å². The van der Waals surface area contributed by atoms with Crippen molar-refractivity contribution >= 4 is 26.7 Å². The first-order valence-corrected chi connectivity index (χ1v) is 4.30. The SMILES string of the molecule is COc1cc(Br)cc2cocc12. The zero-order chi connectivity index (χ0) is 8.55. The lowest BCUT2D eigenvalue weighted by Crippen LogP contribution is -1.82. The lowest BCUT2D eigenvalue weighted by atomic mass is 10.2. The third-order valence-corrected chi connectivity index (χ3v) is 2.20. The molecule has 3 heteroatoms. The average molecular weight is 227 g/mol. The predicted octanol–water partition coefficient (Wildman–Crippen LogP) is 3.20. The third kappa shape index (κ3) is 1.10. The standard InChI is InChI=1S/C9H7BrO2/c1-11-9-3-7(10)2-6-4-12-5-8(6)9/h2-5H,1H3. The Morgan fingerprint density at radius 3 is 2.92 bits per heavy atom. The van der Waals surface area contributed by atoms with Crippen LogP contribution in [0.4, 0.5) is 0 Å². The number of fused-ring (bicyclic) bond motifs is 1. The zero-order valence-corrected chi connectivity index (χ0v) is 8.09. The van der Waals surface area contributed by atoms with Crippen LogP contribution in [0.3, 0.4) is 0 Å². The second-order valence-corrected chi connectivity index (χ2v) is 3.40. The molecule has 0 aliphatic rings. The maximum absolute atomic E-state index is 5.18. The van der Waals surface area contributed by atoms with E-state index in [9.17, 15) is 0 Å². The first kappa shape index (κ1) is 7.68. The van der Waals surface area contributed by atoms with E-state index < -0.39 is 0 Å². The molecule has 2 rings (SSSR count). The van der Waals surface area contributed by atoms with Crippen LogP contribution in [0.1, 0.15) is 0 Å². The van der Waals surface area contributed by atoms with Gasteiger partial charge in [-0.05, 0) is 12.1 Å². The molecule has 12 heavy (non-hydrogen) atoms. The monoisotopic (exact) mass is 226 g/mol. The van der Waals surface area contributed by atoms with Crippen LogP contribution in [0.15, 0.2) is 33.5 Å². The molecule has 0 fully saturated rings. The molecule has 62 valence electrons. The number of rotatable bonds is 1. The van der Waals surface area contributed by atoms with Crippen molar-refractivity contribution < 1.29 is 9.15 Å². The average Bonchev–Trinajstić information content (AvgIpc) is 2.50. The summed E-state index contributed by atoms with van der Waals surface area (Å²) in [6.07, 6.45) is 3.38. The molecule has 0 bridgehead atoms. The quantitative estimate of drug-likeness (QED) is 0.746. The molecule has 0 aliphatic carbocycles. The third-order valence-electron chi connectivity index (χ3n) is 1.74. The topological polar surface area (TPSA) is 22.4 Å². The number of benzene rings is 1. The van der Waals surface area contributed by atoms with E-state index in [1.807, 2.05) is 12.1 Å². The van der Waals surface area contributed by atoms with Crippen LogP contribution >= 0.6 is 15.9 Å². The number of furan rings is 1. The second kappa shape index (κ2) is 2.83. The van der Waals surface area contributed by atoms with Crippen LogP contribution in [0, 0.1) is 0 Å². The molecular weight excluding hydrogens is 220 g/mol. The van der Waals surface area contributed by atoms with E-state index in [0.29, 0.717) is 0 Å². The molecule has 0 amide bonds. The molecule has 2 nitrogen and oxygen atoms in total. The van der Waals surface area contributed by atoms with Gasteiger partial charge in [0.15, 0.2) is 0 Å². The largest absolute Gasteiger partial charge is 0.496 e. The van der Waals surface area contributed by atoms with Crippen molar-refractivity contribution in [1.82, 2.24) is 0 Å². The second-order valence-electron chi connectivity index (χ2n) is 2.48. The van der Waals surface area contributed by atoms with Crippen LogP contribution in [0.25, 0.3) is 10.8 Å². The van der Waals surface area contributed by atoms with Crippen LogP contribution in [0.5, 0.6) is 5.75 Å². The van der Waals surface area contributed by atoms with Crippen molar-refractivity contribution in [3.63, 3.8) is 0 Å². The van der Waals surface area contributed by atoms with Gasteiger partial charge in [-0.2, -0.15) is 0 Å². The van der Waals surface area contributed by atoms with Crippen molar-refractivity contribution in [2.24, 2.45) is 0 Å². The summed E-state index contributed by atoms with van der Waals surface area (Å²) in [5.74, 6) is 0.827. The molecule has 0 saturated heterocycles. The van der Waals surface area contributed by atoms with E-state index in [4.69, 9.17) is 9.15 Å². The van der Waals surface area contributed by atoms with E-state index in [-0.39, 0.29) is 0 Å². The molecule has 0 atom stereocenters. The normalized spacial score (nSPS) is 10.5. The molecule has 0 radical (unpaired) electrons. The summed E-state index contributed by atoms with van der Waals surface area (Å²) >= 11 is 3.39. The highest BCUT2D eigenvalue weighted by Gasteiger charge is 2.04. The highest BCUT2D eigenvalue weighted by Crippen LogP contribution is 2.30. The van der Waals surface area contributed by atoms with Crippen molar-refractivity contribution in [1.29, 1.82) is 0 Å². The Hall–Kier alpha value is -0.960. The molecule has 0 N–H and O–H groups in total. The van der Waals surface area contributed by atoms with Crippen molar-refractivity contribution in [2.75, 3.05) is 7.11 Å². The van der Waals surface area contributed by atoms with Crippen LogP contribution in [-0.2, 0) is 0 Å². The summed E-state index contributed by atoms with van der Waals surface area (Å²) in [6, 6.07) is 3.90. The number of hydrogen-bond donors (Lipinski definition) is 0. The van der Waals surface area contributed by atoms with E-state index in [1.54, 1.807) is 19.6 Å². The Labute approximate surface area is 78.3 Å². The summed E-state index contributed by atoms with van der Waals surface area (Å²) < 4.78 is 11.2. The molecule has 0 spiro atoms. The van der Waals surface area contributed by atoms with Crippen LogP contribution in [0.2, 0.25) is 0 Å². The van der Waals surface area contributed by atoms with Crippen molar-refractivity contribution in [2.45, 2.75) is 0 Å². The Bertz CT molecular complexity index is 406. The van der Waals surface area contributed by atoms with Crippen LogP contribution in [-0.4, -0.2) is 7.11 Å². The number of halogens is 1. The fraction of sp³-hybridized carbons (Fsp3) is 0.111. The summed E-state index contributed by atoms with van der Waals surface area (Å²) in [5.41, 5.74) is 0. The van der Waals surface area contributed by atoms with Gasteiger partial charge in [0.25, 0.3) is 0 Å². The van der Waals surface area contributed by atoms with Crippen molar-refractivity contribution in [3.8, 4) is 5.75 Å². The minimum Gasteiger partial charge on any atom is -0.496 e. The van der Waals surface area contributed by atoms with Gasteiger partial charge in [0.1, 0.15) is 12.0 Å². The molecular formula is C9H7BrO2. The highest BCUT2D eigenvalue weighted by atomic mass is 79.9. The molecule has 1 aromatic heterocycles. The Kier molecular flexibility index (Phi) is 1.81. The Balaban J connectivity index is 2.80. The van der Waals surface area contributed by atoms with Gasteiger partial charge in [-0.25, -0.2) is 0 Å². The minimum atomic E-state index is 0.827. The lowest BCUT2D eigenvalue weighted by molar-refractivity contribution is 0.419. The molecule has 1 aromatic carbocycles. The van der Waals surface area contributed by atoms with Gasteiger partial charge < -0.3 is 9.15 Å². The molecule has 1 heterocycles. The van der Waals surface area contributed by atoms with E-state index in [2.05, 4.69) is 15.9 Å². The molecule has 0 unspecified atom stereocenters. The predicted molar refractivity (Wildman–Crippen MR) is 50.5 cm³/mol.